The van der Waals surface area contributed by atoms with Crippen molar-refractivity contribution in [1.82, 2.24) is 9.97 Å². The van der Waals surface area contributed by atoms with E-state index in [1.165, 1.54) is 11.3 Å². The lowest BCUT2D eigenvalue weighted by Crippen LogP contribution is -2.11. The molecule has 0 radical (unpaired) electrons. The largest absolute Gasteiger partial charge is 0.497 e. The van der Waals surface area contributed by atoms with E-state index in [9.17, 15) is 4.79 Å². The zero-order valence-electron chi connectivity index (χ0n) is 12.0. The predicted molar refractivity (Wildman–Crippen MR) is 86.2 cm³/mol. The van der Waals surface area contributed by atoms with E-state index in [0.29, 0.717) is 5.39 Å². The van der Waals surface area contributed by atoms with Gasteiger partial charge in [-0.3, -0.25) is 4.79 Å². The van der Waals surface area contributed by atoms with Gasteiger partial charge in [0.2, 0.25) is 0 Å². The second kappa shape index (κ2) is 5.69. The van der Waals surface area contributed by atoms with E-state index in [4.69, 9.17) is 4.74 Å². The van der Waals surface area contributed by atoms with E-state index < -0.39 is 0 Å². The second-order valence-electron chi connectivity index (χ2n) is 4.82. The first kappa shape index (κ1) is 13.8. The van der Waals surface area contributed by atoms with E-state index in [0.717, 1.165) is 40.4 Å². The molecule has 1 N–H and O–H groups in total. The molecule has 0 aliphatic carbocycles. The summed E-state index contributed by atoms with van der Waals surface area (Å²) < 4.78 is 5.16. The summed E-state index contributed by atoms with van der Waals surface area (Å²) in [6.45, 7) is 2.07. The van der Waals surface area contributed by atoms with Crippen LogP contribution in [0.15, 0.2) is 34.4 Å². The van der Waals surface area contributed by atoms with Crippen molar-refractivity contribution in [3.05, 3.63) is 45.8 Å². The van der Waals surface area contributed by atoms with Crippen molar-refractivity contribution in [1.29, 1.82) is 0 Å². The van der Waals surface area contributed by atoms with Gasteiger partial charge in [0.1, 0.15) is 16.4 Å². The molecule has 0 saturated carbocycles. The van der Waals surface area contributed by atoms with E-state index in [1.54, 1.807) is 7.11 Å². The molecule has 0 saturated heterocycles. The van der Waals surface area contributed by atoms with Gasteiger partial charge in [0, 0.05) is 17.4 Å². The number of benzene rings is 1. The zero-order chi connectivity index (χ0) is 14.8. The number of hydrogen-bond donors (Lipinski definition) is 1. The smallest absolute Gasteiger partial charge is 0.260 e. The summed E-state index contributed by atoms with van der Waals surface area (Å²) in [4.78, 5) is 20.6. The maximum atomic E-state index is 12.3. The van der Waals surface area contributed by atoms with Crippen molar-refractivity contribution in [2.75, 3.05) is 7.11 Å². The quantitative estimate of drug-likeness (QED) is 0.800. The number of methoxy groups -OCH3 is 1. The van der Waals surface area contributed by atoms with Gasteiger partial charge < -0.3 is 9.72 Å². The summed E-state index contributed by atoms with van der Waals surface area (Å²) in [5, 5.41) is 2.66. The van der Waals surface area contributed by atoms with Crippen LogP contribution in [0, 0.1) is 0 Å². The van der Waals surface area contributed by atoms with Gasteiger partial charge in [0.05, 0.1) is 12.5 Å². The van der Waals surface area contributed by atoms with Gasteiger partial charge >= 0.3 is 0 Å². The molecule has 5 heteroatoms. The maximum Gasteiger partial charge on any atom is 0.260 e. The number of ether oxygens (including phenoxy) is 1. The van der Waals surface area contributed by atoms with Gasteiger partial charge in [-0.1, -0.05) is 19.1 Å². The number of fused-ring (bicyclic) bond motifs is 1. The van der Waals surface area contributed by atoms with Crippen LogP contribution in [0.1, 0.15) is 19.2 Å². The highest BCUT2D eigenvalue weighted by Gasteiger charge is 2.12. The number of nitrogens with one attached hydrogen (secondary N) is 1. The molecule has 0 atom stereocenters. The molecule has 0 fully saturated rings. The number of rotatable bonds is 4. The van der Waals surface area contributed by atoms with Gasteiger partial charge in [-0.2, -0.15) is 0 Å². The topological polar surface area (TPSA) is 55.0 Å². The Morgan fingerprint density at radius 3 is 2.71 bits per heavy atom. The standard InChI is InChI=1S/C16H16N2O2S/c1-3-4-13-17-15(19)14-12(9-21-16(14)18-13)10-5-7-11(20-2)8-6-10/h5-9H,3-4H2,1-2H3,(H,17,18,19). The molecule has 4 nitrogen and oxygen atoms in total. The predicted octanol–water partition coefficient (Wildman–Crippen LogP) is 3.61. The third-order valence-electron chi connectivity index (χ3n) is 3.38. The molecule has 1 aromatic carbocycles. The Morgan fingerprint density at radius 2 is 2.05 bits per heavy atom. The Morgan fingerprint density at radius 1 is 1.29 bits per heavy atom. The Bertz CT molecular complexity index is 818. The molecule has 0 amide bonds. The average molecular weight is 300 g/mol. The van der Waals surface area contributed by atoms with Crippen LogP contribution in [0.25, 0.3) is 21.3 Å². The summed E-state index contributed by atoms with van der Waals surface area (Å²) in [5.41, 5.74) is 1.86. The molecule has 0 aliphatic heterocycles. The molecule has 0 bridgehead atoms. The van der Waals surface area contributed by atoms with Crippen LogP contribution in [0.4, 0.5) is 0 Å². The Labute approximate surface area is 126 Å². The van der Waals surface area contributed by atoms with Crippen LogP contribution in [-0.4, -0.2) is 17.1 Å². The summed E-state index contributed by atoms with van der Waals surface area (Å²) in [6, 6.07) is 7.71. The fourth-order valence-corrected chi connectivity index (χ4v) is 3.30. The third-order valence-corrected chi connectivity index (χ3v) is 4.25. The van der Waals surface area contributed by atoms with Crippen LogP contribution in [0.2, 0.25) is 0 Å². The molecular weight excluding hydrogens is 284 g/mol. The first-order valence-corrected chi connectivity index (χ1v) is 7.75. The van der Waals surface area contributed by atoms with Crippen molar-refractivity contribution < 1.29 is 4.74 Å². The molecule has 0 unspecified atom stereocenters. The molecule has 108 valence electrons. The fourth-order valence-electron chi connectivity index (χ4n) is 2.33. The molecule has 3 rings (SSSR count). The second-order valence-corrected chi connectivity index (χ2v) is 5.68. The molecule has 2 aromatic heterocycles. The monoisotopic (exact) mass is 300 g/mol. The SMILES string of the molecule is CCCc1nc2scc(-c3ccc(OC)cc3)c2c(=O)[nH]1. The molecule has 3 aromatic rings. The number of H-pyrrole nitrogens is 1. The van der Waals surface area contributed by atoms with Crippen LogP contribution in [0.5, 0.6) is 5.75 Å². The minimum absolute atomic E-state index is 0.0597. The number of aryl methyl sites for hydroxylation is 1. The van der Waals surface area contributed by atoms with Gasteiger partial charge in [-0.05, 0) is 24.1 Å². The minimum atomic E-state index is -0.0597. The lowest BCUT2D eigenvalue weighted by Gasteiger charge is -2.03. The van der Waals surface area contributed by atoms with Gasteiger partial charge in [-0.15, -0.1) is 11.3 Å². The number of nitrogens with zero attached hydrogens (tertiary/aromatic N) is 1. The van der Waals surface area contributed by atoms with Crippen LogP contribution in [-0.2, 0) is 6.42 Å². The van der Waals surface area contributed by atoms with Crippen molar-refractivity contribution in [3.63, 3.8) is 0 Å². The Kier molecular flexibility index (Phi) is 3.75. The van der Waals surface area contributed by atoms with E-state index in [-0.39, 0.29) is 5.56 Å². The number of hydrogen-bond acceptors (Lipinski definition) is 4. The summed E-state index contributed by atoms with van der Waals surface area (Å²) in [6.07, 6.45) is 1.76. The molecular formula is C16H16N2O2S. The van der Waals surface area contributed by atoms with E-state index in [2.05, 4.69) is 16.9 Å². The van der Waals surface area contributed by atoms with E-state index in [1.807, 2.05) is 29.6 Å². The molecule has 21 heavy (non-hydrogen) atoms. The molecule has 0 aliphatic rings. The molecule has 0 spiro atoms. The lowest BCUT2D eigenvalue weighted by atomic mass is 10.1. The third kappa shape index (κ3) is 2.56. The van der Waals surface area contributed by atoms with Gasteiger partial charge in [0.15, 0.2) is 0 Å². The van der Waals surface area contributed by atoms with Crippen LogP contribution < -0.4 is 10.3 Å². The minimum Gasteiger partial charge on any atom is -0.497 e. The first-order chi connectivity index (χ1) is 10.2. The van der Waals surface area contributed by atoms with Crippen molar-refractivity contribution >= 4 is 21.6 Å². The first-order valence-electron chi connectivity index (χ1n) is 6.87. The van der Waals surface area contributed by atoms with Crippen molar-refractivity contribution in [2.24, 2.45) is 0 Å². The van der Waals surface area contributed by atoms with Crippen LogP contribution in [0.3, 0.4) is 0 Å². The van der Waals surface area contributed by atoms with E-state index >= 15 is 0 Å². The van der Waals surface area contributed by atoms with Crippen molar-refractivity contribution in [2.45, 2.75) is 19.8 Å². The number of aromatic nitrogens is 2. The summed E-state index contributed by atoms with van der Waals surface area (Å²) >= 11 is 1.51. The number of aromatic amines is 1. The molecule has 2 heterocycles. The normalized spacial score (nSPS) is 11.0. The Hall–Kier alpha value is -2.14. The maximum absolute atomic E-state index is 12.3. The number of thiophene rings is 1. The summed E-state index contributed by atoms with van der Waals surface area (Å²) in [7, 11) is 1.64. The fraction of sp³-hybridized carbons (Fsp3) is 0.250. The zero-order valence-corrected chi connectivity index (χ0v) is 12.8. The average Bonchev–Trinajstić information content (AvgIpc) is 2.92. The Balaban J connectivity index is 2.13. The lowest BCUT2D eigenvalue weighted by molar-refractivity contribution is 0.415. The van der Waals surface area contributed by atoms with Gasteiger partial charge in [0.25, 0.3) is 5.56 Å². The van der Waals surface area contributed by atoms with Crippen molar-refractivity contribution in [3.8, 4) is 16.9 Å². The highest BCUT2D eigenvalue weighted by atomic mass is 32.1. The highest BCUT2D eigenvalue weighted by molar-refractivity contribution is 7.17. The summed E-state index contributed by atoms with van der Waals surface area (Å²) in [5.74, 6) is 1.56. The highest BCUT2D eigenvalue weighted by Crippen LogP contribution is 2.31. The van der Waals surface area contributed by atoms with Crippen LogP contribution >= 0.6 is 11.3 Å². The van der Waals surface area contributed by atoms with Gasteiger partial charge in [-0.25, -0.2) is 4.98 Å².